The van der Waals surface area contributed by atoms with E-state index in [4.69, 9.17) is 38.9 Å². The Morgan fingerprint density at radius 3 is 0.982 bits per heavy atom. The molecule has 0 bridgehead atoms. The third-order valence-electron chi connectivity index (χ3n) is 16.7. The summed E-state index contributed by atoms with van der Waals surface area (Å²) < 4.78 is 4.37. The molecule has 112 heavy (non-hydrogen) atoms. The Morgan fingerprint density at radius 1 is 0.375 bits per heavy atom. The second kappa shape index (κ2) is 58.0. The number of unbranched alkanes of at least 4 members (excludes halogenated alkanes) is 4. The van der Waals surface area contributed by atoms with Crippen molar-refractivity contribution < 1.29 is 14.3 Å². The first-order chi connectivity index (χ1) is 52.7. The predicted molar refractivity (Wildman–Crippen MR) is 606 cm³/mol. The van der Waals surface area contributed by atoms with Crippen molar-refractivity contribution in [1.29, 1.82) is 0 Å². The molecule has 17 atom stereocenters. The zero-order valence-corrected chi connectivity index (χ0v) is 99.3. The van der Waals surface area contributed by atoms with Gasteiger partial charge in [0.05, 0.1) is 17.1 Å². The van der Waals surface area contributed by atoms with Gasteiger partial charge in [0.25, 0.3) is 0 Å². The van der Waals surface area contributed by atoms with Gasteiger partial charge < -0.3 is 14.9 Å². The number of aryl methyl sites for hydroxylation is 11. The number of halogens is 4. The summed E-state index contributed by atoms with van der Waals surface area (Å²) in [5.41, 5.74) is 26.4. The molecule has 0 aliphatic carbocycles. The van der Waals surface area contributed by atoms with Gasteiger partial charge in [0, 0.05) is 55.1 Å². The average molecular weight is 2320 g/mol. The van der Waals surface area contributed by atoms with Gasteiger partial charge in [0.15, 0.2) is 0 Å². The molecule has 0 radical (unpaired) electrons. The van der Waals surface area contributed by atoms with E-state index >= 15 is 0 Å². The van der Waals surface area contributed by atoms with Crippen molar-refractivity contribution in [2.24, 2.45) is 0 Å². The van der Waals surface area contributed by atoms with Gasteiger partial charge in [-0.25, -0.2) is 15.0 Å². The van der Waals surface area contributed by atoms with Crippen LogP contribution in [0.5, 0.6) is 0 Å². The number of nitrogens with zero attached hydrogens (tertiary/aromatic N) is 5. The molecule has 10 aromatic rings. The fourth-order valence-electron chi connectivity index (χ4n) is 11.7. The van der Waals surface area contributed by atoms with Crippen molar-refractivity contribution >= 4 is 300 Å². The number of pyridine rings is 3. The normalized spacial score (nSPS) is 11.9. The van der Waals surface area contributed by atoms with Crippen LogP contribution < -0.4 is 5.73 Å². The van der Waals surface area contributed by atoms with Gasteiger partial charge >= 0.3 is 49.4 Å². The van der Waals surface area contributed by atoms with Crippen LogP contribution in [0.3, 0.4) is 0 Å². The molecule has 2 N–H and O–H groups in total. The summed E-state index contributed by atoms with van der Waals surface area (Å²) in [6.45, 7) is 14.7. The molecular weight excluding hydrogens is 2210 g/mol. The summed E-state index contributed by atoms with van der Waals surface area (Å²) in [4.78, 5) is 25.0. The molecule has 605 valence electrons. The van der Waals surface area contributed by atoms with Crippen molar-refractivity contribution in [2.45, 2.75) is 120 Å². The van der Waals surface area contributed by atoms with E-state index < -0.39 is 0 Å². The van der Waals surface area contributed by atoms with Crippen molar-refractivity contribution in [1.82, 2.24) is 24.1 Å². The molecule has 5 aromatic carbocycles. The van der Waals surface area contributed by atoms with Crippen LogP contribution in [0.1, 0.15) is 118 Å². The number of hydrogen-bond acceptors (Lipinski definition) is 5. The van der Waals surface area contributed by atoms with Crippen LogP contribution in [0, 0.1) is 48.5 Å². The minimum atomic E-state index is -0.0421. The van der Waals surface area contributed by atoms with Gasteiger partial charge in [-0.05, 0) is 315 Å². The van der Waals surface area contributed by atoms with Gasteiger partial charge in [-0.15, -0.1) is 134 Å². The number of aldehydes is 1. The first-order valence-corrected chi connectivity index (χ1v) is 94.5. The molecule has 5 heterocycles. The molecule has 0 saturated heterocycles. The summed E-state index contributed by atoms with van der Waals surface area (Å²) in [6, 6.07) is 62.4. The van der Waals surface area contributed by atoms with Crippen LogP contribution in [0.2, 0.25) is 10.0 Å². The fourth-order valence-corrected chi connectivity index (χ4v) is 364. The Labute approximate surface area is 759 Å². The van der Waals surface area contributed by atoms with E-state index in [2.05, 4.69) is 357 Å². The standard InChI is InChI=1S/C29H31ClN2.C23H25ClN2.C19H18N2O.CH4.2HI.H30P28.V/c1-21-18-28(31-29(19-21)32-22(2)12-13-23(32)3)26-16-14-24(15-17-26)8-5-4-6-9-25-10-7-11-27(30)20-25;1-17-14-22(26-23(25)15-17)20-12-10-18(11-13-20)6-3-2-4-7-19-8-5-9-21(24)16-19;1-13-10-18(17-8-6-16(12-22)7-9-17)20-19(11-13)21-14(2)4-5-15(21)3;;;;1-16(2)23(15)27(24(17(3)4)18(5)6)28(25(19(7)8)20(9)10)26(21(11)12)22(13)14;/h7,10-20H,4-6,8-9H2,1-3H3;5,8-16H,2-4,6-7H2,1H3,(H2,25,26);4-12H,1-3H3;1H4;2*1H;1-15H2;/q;;;;;;;+2/p-2. The third kappa shape index (κ3) is 37.0. The Balaban J connectivity index is 0.000000265. The van der Waals surface area contributed by atoms with E-state index in [9.17, 15) is 4.79 Å². The number of aromatic nitrogens is 5. The molecule has 0 fully saturated rings. The van der Waals surface area contributed by atoms with Crippen LogP contribution in [-0.2, 0) is 35.1 Å². The Morgan fingerprint density at radius 2 is 0.679 bits per heavy atom. The molecule has 0 aliphatic rings. The third-order valence-corrected chi connectivity index (χ3v) is 201. The number of carbonyl (C=O) groups is 1. The van der Waals surface area contributed by atoms with Crippen molar-refractivity contribution in [2.75, 3.05) is 5.73 Å². The van der Waals surface area contributed by atoms with E-state index in [1.807, 2.05) is 61.5 Å². The summed E-state index contributed by atoms with van der Waals surface area (Å²) in [7, 11) is 49.6. The second-order valence-corrected chi connectivity index (χ2v) is 151. The first kappa shape index (κ1) is 109. The monoisotopic (exact) mass is 2310 g/mol. The molecule has 0 aliphatic heterocycles. The van der Waals surface area contributed by atoms with E-state index in [1.54, 1.807) is 0 Å². The molecule has 40 heteroatoms. The number of benzene rings is 5. The van der Waals surface area contributed by atoms with E-state index in [-0.39, 0.29) is 98.3 Å². The molecule has 17 unspecified atom stereocenters. The first-order valence-electron chi connectivity index (χ1n) is 34.5. The van der Waals surface area contributed by atoms with Crippen LogP contribution in [0.15, 0.2) is 182 Å². The Kier molecular flexibility index (Phi) is 56.3. The predicted octanol–water partition coefficient (Wildman–Crippen LogP) is 37.1. The maximum atomic E-state index is 10.8. The summed E-state index contributed by atoms with van der Waals surface area (Å²) in [5, 5.41) is 1.66. The maximum absolute atomic E-state index is 10.8. The molecular formula is C72H108Cl2I2N6OP28V. The Hall–Kier alpha value is 6.24. The van der Waals surface area contributed by atoms with Crippen molar-refractivity contribution in [3.63, 3.8) is 0 Å². The number of nitrogen functional groups attached to an aromatic ring is 1. The van der Waals surface area contributed by atoms with Crippen molar-refractivity contribution in [3.05, 3.63) is 259 Å². The number of anilines is 1. The van der Waals surface area contributed by atoms with E-state index in [0.29, 0.717) is 20.8 Å². The van der Waals surface area contributed by atoms with E-state index in [0.717, 1.165) is 104 Å². The number of rotatable bonds is 30. The molecule has 0 saturated carbocycles. The molecule has 5 aromatic heterocycles. The van der Waals surface area contributed by atoms with Gasteiger partial charge in [-0.2, -0.15) is 0 Å². The van der Waals surface area contributed by atoms with Crippen molar-refractivity contribution in [3.8, 4) is 45.4 Å². The van der Waals surface area contributed by atoms with Crippen LogP contribution in [0.25, 0.3) is 45.4 Å². The van der Waals surface area contributed by atoms with Crippen LogP contribution >= 0.6 is 288 Å². The fraction of sp³-hybridized carbons (Fsp3) is 0.250. The molecule has 0 amide bonds. The zero-order chi connectivity index (χ0) is 81.8. The topological polar surface area (TPSA) is 91.6 Å². The zero-order valence-electron chi connectivity index (χ0n) is 63.1. The summed E-state index contributed by atoms with van der Waals surface area (Å²) in [6.07, 6.45) is 12.5. The quantitative estimate of drug-likeness (QED) is 0.0210. The molecule has 10 rings (SSSR count). The summed E-state index contributed by atoms with van der Waals surface area (Å²) in [5.74, 6) is 2.49. The average Bonchev–Trinajstić information content (AvgIpc) is 1.05. The van der Waals surface area contributed by atoms with Gasteiger partial charge in [0.1, 0.15) is 23.7 Å². The van der Waals surface area contributed by atoms with E-state index in [1.165, 1.54) is 83.3 Å². The molecule has 0 spiro atoms. The summed E-state index contributed by atoms with van der Waals surface area (Å²) >= 11 is 16.8. The Bertz CT molecular complexity index is 4380. The minimum absolute atomic E-state index is 0. The number of nitrogens with two attached hydrogens (primary N) is 1. The number of hydrogen-bond donors (Lipinski definition) is 1. The SMILES string of the molecule is C.Cc1cc(-c2ccc(C=O)cc2)nc(-n2c(C)ccc2C)c1.Cc1cc(-c2ccc(CCCCCc3cccc(Cl)c3)cc2)nc(-n2c(C)ccc2C)c1.Cc1cc(N)nc(-c2ccc(CCCCCc3cccc(Cl)c3)cc2)c1.PP(P)P(P)P(P(P(P)P)P(P)P)P(P(P(P)P)P(P)P)P(P(P)P)P(P)P.[I][V][I]. The number of carbonyl (C=O) groups excluding carboxylic acids is 1. The van der Waals surface area contributed by atoms with Crippen LogP contribution in [-0.4, -0.2) is 30.4 Å². The van der Waals surface area contributed by atoms with Crippen LogP contribution in [0.4, 0.5) is 5.82 Å². The molecule has 7 nitrogen and oxygen atoms in total. The van der Waals surface area contributed by atoms with Gasteiger partial charge in [-0.3, -0.25) is 4.79 Å². The van der Waals surface area contributed by atoms with Gasteiger partial charge in [-0.1, -0.05) is 141 Å². The second-order valence-electron chi connectivity index (χ2n) is 25.5. The van der Waals surface area contributed by atoms with Gasteiger partial charge in [0.2, 0.25) is 0 Å².